The molecule has 1 saturated heterocycles. The molecule has 6 nitrogen and oxygen atoms in total. The highest BCUT2D eigenvalue weighted by molar-refractivity contribution is 5.76. The van der Waals surface area contributed by atoms with E-state index in [9.17, 15) is 9.18 Å². The van der Waals surface area contributed by atoms with Crippen molar-refractivity contribution >= 4 is 5.91 Å². The van der Waals surface area contributed by atoms with E-state index < -0.39 is 5.82 Å². The molecule has 0 saturated carbocycles. The lowest BCUT2D eigenvalue weighted by Crippen LogP contribution is -2.39. The maximum Gasteiger partial charge on any atom is 0.223 e. The first-order valence-corrected chi connectivity index (χ1v) is 8.47. The summed E-state index contributed by atoms with van der Waals surface area (Å²) in [6.45, 7) is 3.11. The number of methoxy groups -OCH3 is 1. The molecule has 1 aliphatic rings. The highest BCUT2D eigenvalue weighted by atomic mass is 19.1. The van der Waals surface area contributed by atoms with Gasteiger partial charge in [0.25, 0.3) is 0 Å². The van der Waals surface area contributed by atoms with Crippen LogP contribution in [-0.2, 0) is 11.2 Å². The van der Waals surface area contributed by atoms with Crippen molar-refractivity contribution in [2.75, 3.05) is 20.2 Å². The molecule has 1 aromatic carbocycles. The number of rotatable bonds is 5. The number of amides is 1. The molecule has 1 aromatic heterocycles. The zero-order valence-corrected chi connectivity index (χ0v) is 14.5. The van der Waals surface area contributed by atoms with Crippen molar-refractivity contribution in [3.63, 3.8) is 0 Å². The summed E-state index contributed by atoms with van der Waals surface area (Å²) in [5, 5.41) is 3.98. The Kier molecular flexibility index (Phi) is 5.31. The largest absolute Gasteiger partial charge is 0.494 e. The first-order valence-electron chi connectivity index (χ1n) is 8.47. The van der Waals surface area contributed by atoms with Crippen LogP contribution in [-0.4, -0.2) is 41.1 Å². The quantitative estimate of drug-likeness (QED) is 0.832. The predicted octanol–water partition coefficient (Wildman–Crippen LogP) is 2.86. The Hall–Kier alpha value is -2.44. The van der Waals surface area contributed by atoms with Crippen LogP contribution in [0.3, 0.4) is 0 Å². The van der Waals surface area contributed by atoms with E-state index in [0.29, 0.717) is 31.1 Å². The number of likely N-dealkylation sites (tertiary alicyclic amines) is 1. The molecule has 2 heterocycles. The van der Waals surface area contributed by atoms with E-state index in [1.807, 2.05) is 4.90 Å². The van der Waals surface area contributed by atoms with Crippen LogP contribution in [0.25, 0.3) is 0 Å². The van der Waals surface area contributed by atoms with Crippen molar-refractivity contribution in [2.45, 2.75) is 38.5 Å². The number of ether oxygens (including phenoxy) is 1. The molecular weight excluding hydrogens is 325 g/mol. The summed E-state index contributed by atoms with van der Waals surface area (Å²) in [7, 11) is 1.43. The number of aromatic nitrogens is 2. The van der Waals surface area contributed by atoms with Crippen LogP contribution in [0.15, 0.2) is 22.7 Å². The Morgan fingerprint density at radius 3 is 3.00 bits per heavy atom. The standard InChI is InChI=1S/C18H22FN3O3/c1-12-20-18(21-25-12)14-4-3-9-22(11-14)17(23)8-6-13-5-7-16(24-2)15(19)10-13/h5,7,10,14H,3-4,6,8-9,11H2,1-2H3. The van der Waals surface area contributed by atoms with E-state index >= 15 is 0 Å². The van der Waals surface area contributed by atoms with Gasteiger partial charge in [-0.15, -0.1) is 0 Å². The zero-order valence-electron chi connectivity index (χ0n) is 14.5. The van der Waals surface area contributed by atoms with Crippen LogP contribution in [0.1, 0.15) is 42.5 Å². The normalized spacial score (nSPS) is 17.6. The minimum atomic E-state index is -0.405. The van der Waals surface area contributed by atoms with Crippen molar-refractivity contribution < 1.29 is 18.4 Å². The molecule has 7 heteroatoms. The Balaban J connectivity index is 1.56. The molecule has 1 fully saturated rings. The van der Waals surface area contributed by atoms with Gasteiger partial charge in [0.2, 0.25) is 11.8 Å². The lowest BCUT2D eigenvalue weighted by atomic mass is 9.97. The molecule has 1 aliphatic heterocycles. The Morgan fingerprint density at radius 1 is 1.48 bits per heavy atom. The third kappa shape index (κ3) is 4.15. The smallest absolute Gasteiger partial charge is 0.223 e. The van der Waals surface area contributed by atoms with Gasteiger partial charge >= 0.3 is 0 Å². The molecular formula is C18H22FN3O3. The number of hydrogen-bond acceptors (Lipinski definition) is 5. The molecule has 1 unspecified atom stereocenters. The zero-order chi connectivity index (χ0) is 17.8. The van der Waals surface area contributed by atoms with E-state index in [0.717, 1.165) is 24.9 Å². The van der Waals surface area contributed by atoms with E-state index in [1.165, 1.54) is 13.2 Å². The van der Waals surface area contributed by atoms with Gasteiger partial charge in [0.1, 0.15) is 0 Å². The van der Waals surface area contributed by atoms with E-state index in [-0.39, 0.29) is 17.6 Å². The highest BCUT2D eigenvalue weighted by Gasteiger charge is 2.27. The summed E-state index contributed by atoms with van der Waals surface area (Å²) in [4.78, 5) is 18.6. The van der Waals surface area contributed by atoms with Crippen molar-refractivity contribution in [3.8, 4) is 5.75 Å². The molecule has 1 amide bonds. The lowest BCUT2D eigenvalue weighted by molar-refractivity contribution is -0.132. The number of halogens is 1. The van der Waals surface area contributed by atoms with E-state index in [2.05, 4.69) is 10.1 Å². The summed E-state index contributed by atoms with van der Waals surface area (Å²) in [6.07, 6.45) is 2.72. The summed E-state index contributed by atoms with van der Waals surface area (Å²) < 4.78 is 23.7. The Labute approximate surface area is 146 Å². The fourth-order valence-corrected chi connectivity index (χ4v) is 3.17. The average Bonchev–Trinajstić information content (AvgIpc) is 3.06. The van der Waals surface area contributed by atoms with Gasteiger partial charge in [-0.1, -0.05) is 11.2 Å². The highest BCUT2D eigenvalue weighted by Crippen LogP contribution is 2.25. The molecule has 0 spiro atoms. The van der Waals surface area contributed by atoms with Gasteiger partial charge in [0.05, 0.1) is 7.11 Å². The molecule has 134 valence electrons. The van der Waals surface area contributed by atoms with Gasteiger partial charge in [-0.3, -0.25) is 4.79 Å². The molecule has 2 aromatic rings. The molecule has 0 radical (unpaired) electrons. The molecule has 1 atom stereocenters. The van der Waals surface area contributed by atoms with Gasteiger partial charge in [-0.25, -0.2) is 4.39 Å². The number of piperidine rings is 1. The predicted molar refractivity (Wildman–Crippen MR) is 88.9 cm³/mol. The van der Waals surface area contributed by atoms with Crippen LogP contribution in [0.2, 0.25) is 0 Å². The molecule has 3 rings (SSSR count). The second-order valence-electron chi connectivity index (χ2n) is 6.32. The Morgan fingerprint density at radius 2 is 2.32 bits per heavy atom. The minimum absolute atomic E-state index is 0.0705. The second-order valence-corrected chi connectivity index (χ2v) is 6.32. The maximum atomic E-state index is 13.7. The maximum absolute atomic E-state index is 13.7. The van der Waals surface area contributed by atoms with Crippen LogP contribution in [0.5, 0.6) is 5.75 Å². The first kappa shape index (κ1) is 17.4. The van der Waals surface area contributed by atoms with Gasteiger partial charge < -0.3 is 14.2 Å². The third-order valence-electron chi connectivity index (χ3n) is 4.53. The fourth-order valence-electron chi connectivity index (χ4n) is 3.17. The SMILES string of the molecule is COc1ccc(CCC(=O)N2CCCC(c3noc(C)n3)C2)cc1F. The molecule has 0 aliphatic carbocycles. The van der Waals surface area contributed by atoms with Crippen molar-refractivity contribution in [3.05, 3.63) is 41.3 Å². The first-order chi connectivity index (χ1) is 12.1. The average molecular weight is 347 g/mol. The topological polar surface area (TPSA) is 68.5 Å². The monoisotopic (exact) mass is 347 g/mol. The van der Waals surface area contributed by atoms with E-state index in [4.69, 9.17) is 9.26 Å². The van der Waals surface area contributed by atoms with Gasteiger partial charge in [0, 0.05) is 32.4 Å². The van der Waals surface area contributed by atoms with Gasteiger partial charge in [0.15, 0.2) is 17.4 Å². The second kappa shape index (κ2) is 7.63. The molecule has 25 heavy (non-hydrogen) atoms. The van der Waals surface area contributed by atoms with Crippen LogP contribution >= 0.6 is 0 Å². The minimum Gasteiger partial charge on any atom is -0.494 e. The van der Waals surface area contributed by atoms with Crippen molar-refractivity contribution in [1.29, 1.82) is 0 Å². The lowest BCUT2D eigenvalue weighted by Gasteiger charge is -2.31. The molecule has 0 bridgehead atoms. The van der Waals surface area contributed by atoms with Crippen molar-refractivity contribution in [1.82, 2.24) is 15.0 Å². The van der Waals surface area contributed by atoms with Crippen molar-refractivity contribution in [2.24, 2.45) is 0 Å². The fraction of sp³-hybridized carbons (Fsp3) is 0.500. The summed E-state index contributed by atoms with van der Waals surface area (Å²) in [5.74, 6) is 1.21. The van der Waals surface area contributed by atoms with Crippen LogP contribution < -0.4 is 4.74 Å². The Bertz CT molecular complexity index is 747. The number of nitrogens with zero attached hydrogens (tertiary/aromatic N) is 3. The van der Waals surface area contributed by atoms with Crippen LogP contribution in [0, 0.1) is 12.7 Å². The van der Waals surface area contributed by atoms with E-state index in [1.54, 1.807) is 19.1 Å². The summed E-state index contributed by atoms with van der Waals surface area (Å²) in [5.41, 5.74) is 0.786. The summed E-state index contributed by atoms with van der Waals surface area (Å²) >= 11 is 0. The number of carbonyl (C=O) groups is 1. The van der Waals surface area contributed by atoms with Gasteiger partial charge in [-0.2, -0.15) is 4.98 Å². The summed E-state index contributed by atoms with van der Waals surface area (Å²) in [6, 6.07) is 4.80. The van der Waals surface area contributed by atoms with Crippen LogP contribution in [0.4, 0.5) is 4.39 Å². The number of hydrogen-bond donors (Lipinski definition) is 0. The molecule has 0 N–H and O–H groups in total. The number of aryl methyl sites for hydroxylation is 2. The number of carbonyl (C=O) groups excluding carboxylic acids is 1. The van der Waals surface area contributed by atoms with Gasteiger partial charge in [-0.05, 0) is 37.0 Å². The number of benzene rings is 1. The third-order valence-corrected chi connectivity index (χ3v) is 4.53.